The largest absolute Gasteiger partial charge is 0.309 e. The predicted octanol–water partition coefficient (Wildman–Crippen LogP) is 16.1. The second-order valence-corrected chi connectivity index (χ2v) is 15.3. The van der Waals surface area contributed by atoms with Crippen LogP contribution in [0.5, 0.6) is 0 Å². The Bertz CT molecular complexity index is 3290. The molecule has 0 atom stereocenters. The molecule has 11 rings (SSSR count). The Hall–Kier alpha value is -7.94. The lowest BCUT2D eigenvalue weighted by atomic mass is 9.93. The number of anilines is 3. The standard InChI is InChI=1S/C58H40N2/c1-4-18-42(19-5-1)50-25-12-13-26-51(50)44-33-36-49(37-34-44)60(57-30-16-29-56-58(57)52-27-14-15-28-54(52)59(56)48-23-8-3-9-24-48)55-38-35-47(40-53(55)43-20-6-2-7-21-43)46-32-31-41-17-10-11-22-45(41)39-46/h1-40H. The van der Waals surface area contributed by atoms with E-state index < -0.39 is 0 Å². The Labute approximate surface area is 350 Å². The van der Waals surface area contributed by atoms with Gasteiger partial charge in [-0.1, -0.05) is 182 Å². The summed E-state index contributed by atoms with van der Waals surface area (Å²) in [6.07, 6.45) is 0. The molecule has 2 heteroatoms. The summed E-state index contributed by atoms with van der Waals surface area (Å²) in [4.78, 5) is 2.48. The van der Waals surface area contributed by atoms with Crippen molar-refractivity contribution in [2.45, 2.75) is 0 Å². The highest BCUT2D eigenvalue weighted by Gasteiger charge is 2.24. The van der Waals surface area contributed by atoms with E-state index in [4.69, 9.17) is 0 Å². The smallest absolute Gasteiger partial charge is 0.0562 e. The summed E-state index contributed by atoms with van der Waals surface area (Å²) < 4.78 is 2.40. The van der Waals surface area contributed by atoms with Crippen LogP contribution < -0.4 is 4.90 Å². The van der Waals surface area contributed by atoms with Gasteiger partial charge in [0.1, 0.15) is 0 Å². The molecule has 282 valence electrons. The topological polar surface area (TPSA) is 8.17 Å². The van der Waals surface area contributed by atoms with Gasteiger partial charge in [0.25, 0.3) is 0 Å². The molecule has 0 saturated carbocycles. The summed E-state index contributed by atoms with van der Waals surface area (Å²) in [5.41, 5.74) is 16.3. The molecule has 0 spiro atoms. The summed E-state index contributed by atoms with van der Waals surface area (Å²) in [6.45, 7) is 0. The van der Waals surface area contributed by atoms with Crippen molar-refractivity contribution < 1.29 is 0 Å². The fraction of sp³-hybridized carbons (Fsp3) is 0. The van der Waals surface area contributed by atoms with E-state index in [1.807, 2.05) is 0 Å². The zero-order valence-electron chi connectivity index (χ0n) is 33.0. The van der Waals surface area contributed by atoms with Crippen LogP contribution in [-0.2, 0) is 0 Å². The summed E-state index contributed by atoms with van der Waals surface area (Å²) in [6, 6.07) is 88.0. The molecule has 0 radical (unpaired) electrons. The highest BCUT2D eigenvalue weighted by molar-refractivity contribution is 6.17. The molecular weight excluding hydrogens is 725 g/mol. The van der Waals surface area contributed by atoms with Crippen molar-refractivity contribution in [3.05, 3.63) is 243 Å². The lowest BCUT2D eigenvalue weighted by molar-refractivity contribution is 1.18. The third-order valence-corrected chi connectivity index (χ3v) is 11.8. The minimum atomic E-state index is 1.08. The lowest BCUT2D eigenvalue weighted by Crippen LogP contribution is -2.12. The zero-order chi connectivity index (χ0) is 39.8. The number of nitrogens with zero attached hydrogens (tertiary/aromatic N) is 2. The van der Waals surface area contributed by atoms with E-state index >= 15 is 0 Å². The number of rotatable bonds is 8. The van der Waals surface area contributed by atoms with Crippen molar-refractivity contribution in [2.24, 2.45) is 0 Å². The molecule has 0 unspecified atom stereocenters. The van der Waals surface area contributed by atoms with Gasteiger partial charge in [-0.15, -0.1) is 0 Å². The number of aromatic nitrogens is 1. The summed E-state index contributed by atoms with van der Waals surface area (Å²) in [5, 5.41) is 4.88. The third kappa shape index (κ3) is 6.23. The molecular formula is C58H40N2. The minimum absolute atomic E-state index is 1.08. The molecule has 0 aliphatic heterocycles. The van der Waals surface area contributed by atoms with Gasteiger partial charge in [-0.3, -0.25) is 0 Å². The van der Waals surface area contributed by atoms with Crippen LogP contribution in [0.15, 0.2) is 243 Å². The van der Waals surface area contributed by atoms with Crippen molar-refractivity contribution in [1.29, 1.82) is 0 Å². The number of benzene rings is 10. The maximum atomic E-state index is 2.48. The van der Waals surface area contributed by atoms with E-state index in [-0.39, 0.29) is 0 Å². The van der Waals surface area contributed by atoms with Crippen LogP contribution in [0.3, 0.4) is 0 Å². The summed E-state index contributed by atoms with van der Waals surface area (Å²) >= 11 is 0. The first-order chi connectivity index (χ1) is 29.8. The van der Waals surface area contributed by atoms with Gasteiger partial charge in [-0.25, -0.2) is 0 Å². The first-order valence-electron chi connectivity index (χ1n) is 20.6. The quantitative estimate of drug-likeness (QED) is 0.150. The van der Waals surface area contributed by atoms with Gasteiger partial charge >= 0.3 is 0 Å². The fourth-order valence-corrected chi connectivity index (χ4v) is 8.97. The van der Waals surface area contributed by atoms with Crippen LogP contribution >= 0.6 is 0 Å². The Morgan fingerprint density at radius 3 is 1.57 bits per heavy atom. The van der Waals surface area contributed by atoms with E-state index in [0.29, 0.717) is 0 Å². The number of hydrogen-bond donors (Lipinski definition) is 0. The second-order valence-electron chi connectivity index (χ2n) is 15.3. The van der Waals surface area contributed by atoms with Crippen LogP contribution in [0.4, 0.5) is 17.1 Å². The SMILES string of the molecule is c1ccc(-c2ccccc2-c2ccc(N(c3ccc(-c4ccc5ccccc5c4)cc3-c3ccccc3)c3cccc4c3c3ccccc3n4-c3ccccc3)cc2)cc1. The highest BCUT2D eigenvalue weighted by atomic mass is 15.2. The Morgan fingerprint density at radius 1 is 0.300 bits per heavy atom. The number of fused-ring (bicyclic) bond motifs is 4. The van der Waals surface area contributed by atoms with Crippen LogP contribution in [0.2, 0.25) is 0 Å². The van der Waals surface area contributed by atoms with E-state index in [2.05, 4.69) is 252 Å². The average molecular weight is 765 g/mol. The Morgan fingerprint density at radius 2 is 0.833 bits per heavy atom. The second kappa shape index (κ2) is 15.1. The van der Waals surface area contributed by atoms with Crippen LogP contribution in [0.25, 0.3) is 82.8 Å². The molecule has 2 nitrogen and oxygen atoms in total. The minimum Gasteiger partial charge on any atom is -0.309 e. The Balaban J connectivity index is 1.16. The van der Waals surface area contributed by atoms with Crippen molar-refractivity contribution in [3.63, 3.8) is 0 Å². The molecule has 1 heterocycles. The van der Waals surface area contributed by atoms with E-state index in [9.17, 15) is 0 Å². The van der Waals surface area contributed by atoms with Gasteiger partial charge < -0.3 is 9.47 Å². The molecule has 0 bridgehead atoms. The van der Waals surface area contributed by atoms with Crippen LogP contribution in [0.1, 0.15) is 0 Å². The predicted molar refractivity (Wildman–Crippen MR) is 255 cm³/mol. The molecule has 0 saturated heterocycles. The summed E-state index contributed by atoms with van der Waals surface area (Å²) in [5.74, 6) is 0. The third-order valence-electron chi connectivity index (χ3n) is 11.8. The highest BCUT2D eigenvalue weighted by Crippen LogP contribution is 2.48. The zero-order valence-corrected chi connectivity index (χ0v) is 33.0. The molecule has 0 aliphatic rings. The maximum absolute atomic E-state index is 2.48. The monoisotopic (exact) mass is 764 g/mol. The van der Waals surface area contributed by atoms with Crippen molar-refractivity contribution in [1.82, 2.24) is 4.57 Å². The van der Waals surface area contributed by atoms with Crippen molar-refractivity contribution >= 4 is 49.6 Å². The molecule has 0 fully saturated rings. The summed E-state index contributed by atoms with van der Waals surface area (Å²) in [7, 11) is 0. The van der Waals surface area contributed by atoms with Gasteiger partial charge in [0.15, 0.2) is 0 Å². The van der Waals surface area contributed by atoms with Gasteiger partial charge in [-0.2, -0.15) is 0 Å². The number of hydrogen-bond acceptors (Lipinski definition) is 1. The van der Waals surface area contributed by atoms with Gasteiger partial charge in [0, 0.05) is 27.7 Å². The molecule has 10 aromatic carbocycles. The van der Waals surface area contributed by atoms with Crippen molar-refractivity contribution in [2.75, 3.05) is 4.90 Å². The van der Waals surface area contributed by atoms with Gasteiger partial charge in [0.05, 0.1) is 22.4 Å². The number of para-hydroxylation sites is 2. The van der Waals surface area contributed by atoms with E-state index in [1.54, 1.807) is 0 Å². The average Bonchev–Trinajstić information content (AvgIpc) is 3.68. The molecule has 0 amide bonds. The van der Waals surface area contributed by atoms with Crippen molar-refractivity contribution in [3.8, 4) is 50.2 Å². The van der Waals surface area contributed by atoms with Crippen LogP contribution in [0, 0.1) is 0 Å². The molecule has 1 aromatic heterocycles. The van der Waals surface area contributed by atoms with Crippen LogP contribution in [-0.4, -0.2) is 4.57 Å². The maximum Gasteiger partial charge on any atom is 0.0562 e. The molecule has 11 aromatic rings. The Kier molecular flexibility index (Phi) is 8.87. The first-order valence-corrected chi connectivity index (χ1v) is 20.6. The fourth-order valence-electron chi connectivity index (χ4n) is 8.97. The lowest BCUT2D eigenvalue weighted by Gasteiger charge is -2.29. The van der Waals surface area contributed by atoms with E-state index in [0.717, 1.165) is 39.4 Å². The molecule has 0 N–H and O–H groups in total. The van der Waals surface area contributed by atoms with Gasteiger partial charge in [0.2, 0.25) is 0 Å². The van der Waals surface area contributed by atoms with Gasteiger partial charge in [-0.05, 0) is 110 Å². The molecule has 60 heavy (non-hydrogen) atoms. The van der Waals surface area contributed by atoms with E-state index in [1.165, 1.54) is 60.4 Å². The first kappa shape index (κ1) is 35.2. The normalized spacial score (nSPS) is 11.3. The molecule has 0 aliphatic carbocycles.